The van der Waals surface area contributed by atoms with Gasteiger partial charge in [-0.25, -0.2) is 0 Å². The molecule has 13 nitrogen and oxygen atoms in total. The lowest BCUT2D eigenvalue weighted by Gasteiger charge is -2.26. The lowest BCUT2D eigenvalue weighted by atomic mass is 10.2. The molecule has 0 atom stereocenters. The van der Waals surface area contributed by atoms with E-state index in [0.29, 0.717) is 45.2 Å². The SMILES string of the molecule is O=C(O)CCCN(CCOc1ccnc(C(O)O)c1)C(=O)CCOCCOCCOCCN1CCOCC1. The Labute approximate surface area is 223 Å². The first kappa shape index (κ1) is 31.8. The van der Waals surface area contributed by atoms with E-state index in [9.17, 15) is 19.8 Å². The Kier molecular flexibility index (Phi) is 16.5. The molecule has 1 aliphatic rings. The number of aliphatic carboxylic acids is 1. The number of amides is 1. The number of aromatic nitrogens is 1. The molecule has 0 aromatic carbocycles. The molecular formula is C25H41N3O10. The Bertz CT molecular complexity index is 792. The number of morpholine rings is 1. The summed E-state index contributed by atoms with van der Waals surface area (Å²) in [6.45, 7) is 7.59. The number of hydrogen-bond donors (Lipinski definition) is 3. The maximum absolute atomic E-state index is 12.7. The van der Waals surface area contributed by atoms with Gasteiger partial charge in [-0.1, -0.05) is 0 Å². The lowest BCUT2D eigenvalue weighted by molar-refractivity contribution is -0.138. The quantitative estimate of drug-likeness (QED) is 0.140. The molecule has 1 amide bonds. The standard InChI is InChI=1S/C25H41N3O10/c29-23(4-11-34-16-18-37-19-17-36-14-9-27-7-12-35-13-8-27)28(6-1-2-24(30)31)10-15-38-21-3-5-26-22(20-21)25(32)33/h3,5,20,25,32-33H,1-2,4,6-19H2,(H,30,31). The topological polar surface area (TPSA) is 160 Å². The summed E-state index contributed by atoms with van der Waals surface area (Å²) in [5.41, 5.74) is 0.0503. The van der Waals surface area contributed by atoms with Crippen molar-refractivity contribution in [2.45, 2.75) is 25.6 Å². The number of aliphatic hydroxyl groups excluding tert-OH is 1. The number of carboxylic acid groups (broad SMARTS) is 1. The van der Waals surface area contributed by atoms with Crippen LogP contribution in [0, 0.1) is 0 Å². The number of pyridine rings is 1. The van der Waals surface area contributed by atoms with Crippen LogP contribution in [0.5, 0.6) is 5.75 Å². The highest BCUT2D eigenvalue weighted by Gasteiger charge is 2.15. The number of ether oxygens (including phenoxy) is 5. The molecule has 0 spiro atoms. The number of carbonyl (C=O) groups excluding carboxylic acids is 1. The highest BCUT2D eigenvalue weighted by molar-refractivity contribution is 5.76. The van der Waals surface area contributed by atoms with Crippen LogP contribution < -0.4 is 4.74 Å². The summed E-state index contributed by atoms with van der Waals surface area (Å²) in [4.78, 5) is 31.2. The van der Waals surface area contributed by atoms with Crippen LogP contribution in [0.3, 0.4) is 0 Å². The molecule has 1 aromatic rings. The first-order chi connectivity index (χ1) is 18.5. The van der Waals surface area contributed by atoms with E-state index in [1.165, 1.54) is 12.3 Å². The maximum Gasteiger partial charge on any atom is 0.303 e. The fraction of sp³-hybridized carbons (Fsp3) is 0.720. The van der Waals surface area contributed by atoms with E-state index >= 15 is 0 Å². The Morgan fingerprint density at radius 3 is 2.34 bits per heavy atom. The van der Waals surface area contributed by atoms with Crippen molar-refractivity contribution < 1.29 is 48.6 Å². The van der Waals surface area contributed by atoms with Gasteiger partial charge in [0.1, 0.15) is 12.4 Å². The van der Waals surface area contributed by atoms with E-state index in [-0.39, 0.29) is 50.7 Å². The van der Waals surface area contributed by atoms with Crippen LogP contribution in [0.2, 0.25) is 0 Å². The Morgan fingerprint density at radius 1 is 0.974 bits per heavy atom. The molecule has 0 bridgehead atoms. The van der Waals surface area contributed by atoms with Crippen molar-refractivity contribution in [2.24, 2.45) is 0 Å². The van der Waals surface area contributed by atoms with E-state index in [4.69, 9.17) is 28.8 Å². The van der Waals surface area contributed by atoms with Crippen molar-refractivity contribution in [1.82, 2.24) is 14.8 Å². The van der Waals surface area contributed by atoms with Gasteiger partial charge in [-0.3, -0.25) is 19.5 Å². The van der Waals surface area contributed by atoms with Gasteiger partial charge in [0.2, 0.25) is 5.91 Å². The van der Waals surface area contributed by atoms with Crippen molar-refractivity contribution in [3.63, 3.8) is 0 Å². The summed E-state index contributed by atoms with van der Waals surface area (Å²) in [5, 5.41) is 27.3. The van der Waals surface area contributed by atoms with Gasteiger partial charge in [-0.15, -0.1) is 0 Å². The average Bonchev–Trinajstić information content (AvgIpc) is 2.91. The molecule has 2 heterocycles. The molecular weight excluding hydrogens is 502 g/mol. The first-order valence-corrected chi connectivity index (χ1v) is 12.9. The minimum atomic E-state index is -1.71. The number of hydrogen-bond acceptors (Lipinski definition) is 11. The second kappa shape index (κ2) is 19.6. The molecule has 1 fully saturated rings. The summed E-state index contributed by atoms with van der Waals surface area (Å²) in [6, 6.07) is 2.96. The van der Waals surface area contributed by atoms with E-state index in [1.807, 2.05) is 0 Å². The second-order valence-corrected chi connectivity index (χ2v) is 8.56. The highest BCUT2D eigenvalue weighted by atomic mass is 16.5. The summed E-state index contributed by atoms with van der Waals surface area (Å²) in [5.74, 6) is -0.715. The van der Waals surface area contributed by atoms with Crippen LogP contribution in [0.25, 0.3) is 0 Å². The van der Waals surface area contributed by atoms with Crippen LogP contribution in [0.1, 0.15) is 31.2 Å². The molecule has 13 heteroatoms. The van der Waals surface area contributed by atoms with Crippen molar-refractivity contribution in [3.05, 3.63) is 24.0 Å². The smallest absolute Gasteiger partial charge is 0.303 e. The molecule has 3 N–H and O–H groups in total. The zero-order valence-corrected chi connectivity index (χ0v) is 21.9. The number of nitrogens with zero attached hydrogens (tertiary/aromatic N) is 3. The van der Waals surface area contributed by atoms with Crippen LogP contribution in [0.15, 0.2) is 18.3 Å². The Hall–Kier alpha value is -2.39. The maximum atomic E-state index is 12.7. The summed E-state index contributed by atoms with van der Waals surface area (Å²) in [7, 11) is 0. The molecule has 0 saturated carbocycles. The third-order valence-corrected chi connectivity index (χ3v) is 5.68. The largest absolute Gasteiger partial charge is 0.492 e. The number of carbonyl (C=O) groups is 2. The van der Waals surface area contributed by atoms with Gasteiger partial charge in [0.15, 0.2) is 6.29 Å². The average molecular weight is 544 g/mol. The zero-order chi connectivity index (χ0) is 27.4. The predicted molar refractivity (Wildman–Crippen MR) is 135 cm³/mol. The van der Waals surface area contributed by atoms with E-state index < -0.39 is 12.3 Å². The summed E-state index contributed by atoms with van der Waals surface area (Å²) in [6.07, 6.45) is 0.101. The van der Waals surface area contributed by atoms with Crippen molar-refractivity contribution >= 4 is 11.9 Å². The minimum absolute atomic E-state index is 0.0441. The summed E-state index contributed by atoms with van der Waals surface area (Å²) >= 11 is 0. The Morgan fingerprint density at radius 2 is 1.66 bits per heavy atom. The van der Waals surface area contributed by atoms with Gasteiger partial charge >= 0.3 is 5.97 Å². The van der Waals surface area contributed by atoms with Crippen LogP contribution >= 0.6 is 0 Å². The van der Waals surface area contributed by atoms with Crippen LogP contribution in [0.4, 0.5) is 0 Å². The molecule has 1 saturated heterocycles. The van der Waals surface area contributed by atoms with Crippen molar-refractivity contribution in [2.75, 3.05) is 92.2 Å². The van der Waals surface area contributed by atoms with Gasteiger partial charge in [-0.05, 0) is 12.5 Å². The fourth-order valence-electron chi connectivity index (χ4n) is 3.59. The predicted octanol–water partition coefficient (Wildman–Crippen LogP) is -0.0909. The number of aliphatic hydroxyl groups is 2. The third kappa shape index (κ3) is 14.5. The molecule has 38 heavy (non-hydrogen) atoms. The molecule has 1 aliphatic heterocycles. The molecule has 216 valence electrons. The molecule has 2 rings (SSSR count). The van der Waals surface area contributed by atoms with Gasteiger partial charge in [0.05, 0.1) is 71.5 Å². The lowest BCUT2D eigenvalue weighted by Crippen LogP contribution is -2.38. The first-order valence-electron chi connectivity index (χ1n) is 12.9. The van der Waals surface area contributed by atoms with E-state index in [2.05, 4.69) is 9.88 Å². The highest BCUT2D eigenvalue weighted by Crippen LogP contribution is 2.15. The molecule has 0 unspecified atom stereocenters. The Balaban J connectivity index is 1.56. The van der Waals surface area contributed by atoms with Crippen LogP contribution in [-0.2, 0) is 28.5 Å². The minimum Gasteiger partial charge on any atom is -0.492 e. The van der Waals surface area contributed by atoms with Gasteiger partial charge in [0.25, 0.3) is 0 Å². The zero-order valence-electron chi connectivity index (χ0n) is 21.9. The fourth-order valence-corrected chi connectivity index (χ4v) is 3.59. The van der Waals surface area contributed by atoms with E-state index in [0.717, 1.165) is 32.8 Å². The van der Waals surface area contributed by atoms with Crippen LogP contribution in [-0.4, -0.2) is 134 Å². The normalized spacial score (nSPS) is 14.1. The monoisotopic (exact) mass is 543 g/mol. The summed E-state index contributed by atoms with van der Waals surface area (Å²) < 4.78 is 27.5. The van der Waals surface area contributed by atoms with Gasteiger partial charge in [0, 0.05) is 44.9 Å². The second-order valence-electron chi connectivity index (χ2n) is 8.56. The van der Waals surface area contributed by atoms with Gasteiger partial charge < -0.3 is 43.9 Å². The van der Waals surface area contributed by atoms with Crippen molar-refractivity contribution in [1.29, 1.82) is 0 Å². The molecule has 0 radical (unpaired) electrons. The number of carboxylic acids is 1. The van der Waals surface area contributed by atoms with E-state index in [1.54, 1.807) is 11.0 Å². The molecule has 0 aliphatic carbocycles. The molecule has 1 aromatic heterocycles. The van der Waals surface area contributed by atoms with Crippen molar-refractivity contribution in [3.8, 4) is 5.75 Å². The third-order valence-electron chi connectivity index (χ3n) is 5.68. The van der Waals surface area contributed by atoms with Gasteiger partial charge in [-0.2, -0.15) is 0 Å². The number of rotatable bonds is 21.